The van der Waals surface area contributed by atoms with Crippen molar-refractivity contribution in [2.45, 2.75) is 19.3 Å². The highest BCUT2D eigenvalue weighted by Crippen LogP contribution is 2.24. The topological polar surface area (TPSA) is 68.5 Å². The molecular weight excluding hydrogens is 386 g/mol. The van der Waals surface area contributed by atoms with Crippen LogP contribution in [0.15, 0.2) is 73.1 Å². The standard InChI is InChI=1S/C26H29N3O2/c27-26(30)24-17-23(18-28-19-24)22-6-8-25(9-7-22)31-15-14-29-12-10-21(11-13-29)16-20-4-2-1-3-5-20/h1-9,17-19,21H,10-16H2,(H2,27,30). The molecule has 1 aliphatic heterocycles. The minimum atomic E-state index is -0.474. The zero-order chi connectivity index (χ0) is 21.5. The van der Waals surface area contributed by atoms with E-state index in [9.17, 15) is 4.79 Å². The molecule has 0 spiro atoms. The van der Waals surface area contributed by atoms with Gasteiger partial charge in [0.25, 0.3) is 0 Å². The largest absolute Gasteiger partial charge is 0.492 e. The maximum absolute atomic E-state index is 11.3. The molecule has 2 aromatic carbocycles. The van der Waals surface area contributed by atoms with E-state index in [1.54, 1.807) is 12.3 Å². The number of likely N-dealkylation sites (tertiary alicyclic amines) is 1. The van der Waals surface area contributed by atoms with Crippen molar-refractivity contribution >= 4 is 5.91 Å². The second kappa shape index (κ2) is 10.2. The monoisotopic (exact) mass is 415 g/mol. The molecule has 1 fully saturated rings. The summed E-state index contributed by atoms with van der Waals surface area (Å²) in [7, 11) is 0. The molecular formula is C26H29N3O2. The first-order valence-electron chi connectivity index (χ1n) is 10.9. The predicted molar refractivity (Wildman–Crippen MR) is 123 cm³/mol. The summed E-state index contributed by atoms with van der Waals surface area (Å²) in [6.07, 6.45) is 6.90. The van der Waals surface area contributed by atoms with Crippen LogP contribution in [0.3, 0.4) is 0 Å². The number of carbonyl (C=O) groups excluding carboxylic acids is 1. The summed E-state index contributed by atoms with van der Waals surface area (Å²) in [5.74, 6) is 1.16. The van der Waals surface area contributed by atoms with E-state index in [-0.39, 0.29) is 0 Å². The molecule has 1 aliphatic rings. The number of amides is 1. The number of nitrogens with two attached hydrogens (primary N) is 1. The molecule has 0 aliphatic carbocycles. The molecule has 1 amide bonds. The molecule has 0 radical (unpaired) electrons. The number of nitrogens with zero attached hydrogens (tertiary/aromatic N) is 2. The average Bonchev–Trinajstić information content (AvgIpc) is 2.81. The molecule has 1 saturated heterocycles. The Morgan fingerprint density at radius 1 is 1.00 bits per heavy atom. The van der Waals surface area contributed by atoms with Crippen LogP contribution in [0.4, 0.5) is 0 Å². The van der Waals surface area contributed by atoms with Gasteiger partial charge in [-0.15, -0.1) is 0 Å². The fourth-order valence-corrected chi connectivity index (χ4v) is 4.13. The lowest BCUT2D eigenvalue weighted by molar-refractivity contribution is 0.1000. The number of pyridine rings is 1. The van der Waals surface area contributed by atoms with E-state index in [0.717, 1.165) is 42.4 Å². The van der Waals surface area contributed by atoms with Crippen molar-refractivity contribution in [1.29, 1.82) is 0 Å². The lowest BCUT2D eigenvalue weighted by Gasteiger charge is -2.31. The number of primary amides is 1. The fourth-order valence-electron chi connectivity index (χ4n) is 4.13. The first kappa shape index (κ1) is 21.1. The van der Waals surface area contributed by atoms with Crippen molar-refractivity contribution in [3.05, 3.63) is 84.2 Å². The van der Waals surface area contributed by atoms with Crippen molar-refractivity contribution in [2.75, 3.05) is 26.2 Å². The Morgan fingerprint density at radius 3 is 2.45 bits per heavy atom. The van der Waals surface area contributed by atoms with Gasteiger partial charge in [-0.1, -0.05) is 42.5 Å². The Balaban J connectivity index is 1.21. The van der Waals surface area contributed by atoms with Crippen molar-refractivity contribution in [1.82, 2.24) is 9.88 Å². The van der Waals surface area contributed by atoms with E-state index in [1.165, 1.54) is 31.0 Å². The van der Waals surface area contributed by atoms with Gasteiger partial charge in [-0.3, -0.25) is 14.7 Å². The Morgan fingerprint density at radius 2 is 1.74 bits per heavy atom. The number of carbonyl (C=O) groups is 1. The van der Waals surface area contributed by atoms with Crippen LogP contribution in [0.1, 0.15) is 28.8 Å². The Labute approximate surface area is 183 Å². The van der Waals surface area contributed by atoms with E-state index < -0.39 is 5.91 Å². The second-order valence-corrected chi connectivity index (χ2v) is 8.17. The van der Waals surface area contributed by atoms with Gasteiger partial charge < -0.3 is 10.5 Å². The maximum Gasteiger partial charge on any atom is 0.250 e. The third-order valence-corrected chi connectivity index (χ3v) is 5.96. The molecule has 2 N–H and O–H groups in total. The van der Waals surface area contributed by atoms with Gasteiger partial charge in [0.15, 0.2) is 0 Å². The number of benzene rings is 2. The van der Waals surface area contributed by atoms with Gasteiger partial charge in [-0.05, 0) is 67.6 Å². The van der Waals surface area contributed by atoms with Gasteiger partial charge in [-0.2, -0.15) is 0 Å². The van der Waals surface area contributed by atoms with Gasteiger partial charge in [0, 0.05) is 24.5 Å². The van der Waals surface area contributed by atoms with E-state index in [2.05, 4.69) is 40.2 Å². The van der Waals surface area contributed by atoms with Gasteiger partial charge in [-0.25, -0.2) is 0 Å². The molecule has 3 aromatic rings. The van der Waals surface area contributed by atoms with E-state index >= 15 is 0 Å². The van der Waals surface area contributed by atoms with Crippen LogP contribution in [-0.4, -0.2) is 42.0 Å². The molecule has 2 heterocycles. The molecule has 5 nitrogen and oxygen atoms in total. The molecule has 0 unspecified atom stereocenters. The lowest BCUT2D eigenvalue weighted by Crippen LogP contribution is -2.36. The minimum absolute atomic E-state index is 0.408. The van der Waals surface area contributed by atoms with E-state index in [0.29, 0.717) is 12.2 Å². The summed E-state index contributed by atoms with van der Waals surface area (Å²) < 4.78 is 5.95. The van der Waals surface area contributed by atoms with Gasteiger partial charge in [0.05, 0.1) is 5.56 Å². The maximum atomic E-state index is 11.3. The number of hydrogen-bond acceptors (Lipinski definition) is 4. The first-order chi connectivity index (χ1) is 15.2. The van der Waals surface area contributed by atoms with Crippen molar-refractivity contribution < 1.29 is 9.53 Å². The van der Waals surface area contributed by atoms with Crippen molar-refractivity contribution in [3.63, 3.8) is 0 Å². The van der Waals surface area contributed by atoms with Crippen molar-refractivity contribution in [3.8, 4) is 16.9 Å². The van der Waals surface area contributed by atoms with Crippen LogP contribution in [-0.2, 0) is 6.42 Å². The molecule has 1 aromatic heterocycles. The van der Waals surface area contributed by atoms with Gasteiger partial charge in [0.2, 0.25) is 5.91 Å². The Kier molecular flexibility index (Phi) is 6.95. The molecule has 0 atom stereocenters. The molecule has 0 saturated carbocycles. The van der Waals surface area contributed by atoms with Crippen molar-refractivity contribution in [2.24, 2.45) is 11.7 Å². The number of aromatic nitrogens is 1. The van der Waals surface area contributed by atoms with Crippen LogP contribution < -0.4 is 10.5 Å². The molecule has 31 heavy (non-hydrogen) atoms. The summed E-state index contributed by atoms with van der Waals surface area (Å²) in [6.45, 7) is 3.91. The summed E-state index contributed by atoms with van der Waals surface area (Å²) in [5, 5.41) is 0. The predicted octanol–water partition coefficient (Wildman–Crippen LogP) is 4.18. The average molecular weight is 416 g/mol. The third-order valence-electron chi connectivity index (χ3n) is 5.96. The van der Waals surface area contributed by atoms with E-state index in [1.807, 2.05) is 24.3 Å². The van der Waals surface area contributed by atoms with Gasteiger partial charge >= 0.3 is 0 Å². The number of hydrogen-bond donors (Lipinski definition) is 1. The molecule has 5 heteroatoms. The van der Waals surface area contributed by atoms with Crippen LogP contribution in [0.5, 0.6) is 5.75 Å². The quantitative estimate of drug-likeness (QED) is 0.599. The summed E-state index contributed by atoms with van der Waals surface area (Å²) in [5.41, 5.74) is 9.03. The Hall–Kier alpha value is -3.18. The van der Waals surface area contributed by atoms with Gasteiger partial charge in [0.1, 0.15) is 12.4 Å². The zero-order valence-electron chi connectivity index (χ0n) is 17.7. The highest BCUT2D eigenvalue weighted by atomic mass is 16.5. The fraction of sp³-hybridized carbons (Fsp3) is 0.308. The van der Waals surface area contributed by atoms with Crippen LogP contribution >= 0.6 is 0 Å². The van der Waals surface area contributed by atoms with Crippen LogP contribution in [0.2, 0.25) is 0 Å². The number of rotatable bonds is 8. The highest BCUT2D eigenvalue weighted by Gasteiger charge is 2.19. The summed E-state index contributed by atoms with van der Waals surface area (Å²) >= 11 is 0. The first-order valence-corrected chi connectivity index (χ1v) is 10.9. The van der Waals surface area contributed by atoms with Crippen LogP contribution in [0.25, 0.3) is 11.1 Å². The SMILES string of the molecule is NC(=O)c1cncc(-c2ccc(OCCN3CCC(Cc4ccccc4)CC3)cc2)c1. The van der Waals surface area contributed by atoms with E-state index in [4.69, 9.17) is 10.5 Å². The molecule has 0 bridgehead atoms. The number of ether oxygens (including phenoxy) is 1. The summed E-state index contributed by atoms with van der Waals surface area (Å²) in [4.78, 5) is 17.9. The second-order valence-electron chi connectivity index (χ2n) is 8.17. The Bertz CT molecular complexity index is 981. The normalized spacial score (nSPS) is 15.0. The smallest absolute Gasteiger partial charge is 0.250 e. The molecule has 160 valence electrons. The minimum Gasteiger partial charge on any atom is -0.492 e. The summed E-state index contributed by atoms with van der Waals surface area (Å²) in [6, 6.07) is 20.4. The molecule has 4 rings (SSSR count). The lowest BCUT2D eigenvalue weighted by atomic mass is 9.90. The highest BCUT2D eigenvalue weighted by molar-refractivity contribution is 5.93. The third kappa shape index (κ3) is 5.92. The number of piperidine rings is 1. The zero-order valence-corrected chi connectivity index (χ0v) is 17.7. The van der Waals surface area contributed by atoms with Crippen LogP contribution in [0, 0.1) is 5.92 Å².